The number of carboxylic acids is 1. The molecular weight excluding hydrogens is 258 g/mol. The lowest BCUT2D eigenvalue weighted by atomic mass is 10.1. The number of rotatable bonds is 8. The molecule has 1 aliphatic rings. The molecule has 2 atom stereocenters. The van der Waals surface area contributed by atoms with Gasteiger partial charge in [0, 0.05) is 25.7 Å². The zero-order valence-corrected chi connectivity index (χ0v) is 12.5. The monoisotopic (exact) mass is 285 g/mol. The Morgan fingerprint density at radius 2 is 2.20 bits per heavy atom. The van der Waals surface area contributed by atoms with Gasteiger partial charge in [0.05, 0.1) is 6.54 Å². The third kappa shape index (κ3) is 5.88. The minimum atomic E-state index is -0.874. The summed E-state index contributed by atoms with van der Waals surface area (Å²) in [6.07, 6.45) is 4.44. The normalized spacial score (nSPS) is 21.4. The molecule has 20 heavy (non-hydrogen) atoms. The number of nitrogens with one attached hydrogen (secondary N) is 2. The fraction of sp³-hybridized carbons (Fsp3) is 0.857. The fourth-order valence-electron chi connectivity index (χ4n) is 2.46. The van der Waals surface area contributed by atoms with Gasteiger partial charge in [-0.15, -0.1) is 0 Å². The van der Waals surface area contributed by atoms with Crippen molar-refractivity contribution in [3.05, 3.63) is 0 Å². The van der Waals surface area contributed by atoms with Crippen molar-refractivity contribution in [1.82, 2.24) is 15.5 Å². The first-order valence-electron chi connectivity index (χ1n) is 7.51. The van der Waals surface area contributed by atoms with Crippen molar-refractivity contribution in [3.63, 3.8) is 0 Å². The highest BCUT2D eigenvalue weighted by Gasteiger charge is 2.29. The maximum Gasteiger partial charge on any atom is 0.322 e. The standard InChI is InChI=1S/C14H27N3O3/c1-3-4-5-6-11(2)16-13(18)10-17-8-7-15-9-12(17)14(19)20/h11-12,15H,3-10H2,1-2H3,(H,16,18)(H,19,20). The Morgan fingerprint density at radius 1 is 1.45 bits per heavy atom. The van der Waals surface area contributed by atoms with Crippen molar-refractivity contribution in [2.45, 2.75) is 51.6 Å². The molecule has 116 valence electrons. The van der Waals surface area contributed by atoms with Crippen molar-refractivity contribution in [2.75, 3.05) is 26.2 Å². The molecule has 0 radical (unpaired) electrons. The van der Waals surface area contributed by atoms with Gasteiger partial charge in [-0.05, 0) is 13.3 Å². The van der Waals surface area contributed by atoms with Gasteiger partial charge in [-0.1, -0.05) is 26.2 Å². The quantitative estimate of drug-likeness (QED) is 0.563. The highest BCUT2D eigenvalue weighted by molar-refractivity contribution is 5.80. The average molecular weight is 285 g/mol. The molecule has 6 nitrogen and oxygen atoms in total. The van der Waals surface area contributed by atoms with Crippen molar-refractivity contribution in [2.24, 2.45) is 0 Å². The number of nitrogens with zero attached hydrogens (tertiary/aromatic N) is 1. The molecule has 0 spiro atoms. The van der Waals surface area contributed by atoms with Crippen molar-refractivity contribution < 1.29 is 14.7 Å². The summed E-state index contributed by atoms with van der Waals surface area (Å²) >= 11 is 0. The lowest BCUT2D eigenvalue weighted by Crippen LogP contribution is -2.57. The zero-order chi connectivity index (χ0) is 15.0. The third-order valence-electron chi connectivity index (χ3n) is 3.63. The van der Waals surface area contributed by atoms with Crippen LogP contribution in [0.5, 0.6) is 0 Å². The van der Waals surface area contributed by atoms with Crippen LogP contribution < -0.4 is 10.6 Å². The number of hydrogen-bond acceptors (Lipinski definition) is 4. The molecule has 1 fully saturated rings. The fourth-order valence-corrected chi connectivity index (χ4v) is 2.46. The maximum absolute atomic E-state index is 12.0. The van der Waals surface area contributed by atoms with Crippen LogP contribution in [0.2, 0.25) is 0 Å². The minimum absolute atomic E-state index is 0.0813. The van der Waals surface area contributed by atoms with Crippen LogP contribution in [0.3, 0.4) is 0 Å². The number of carbonyl (C=O) groups excluding carboxylic acids is 1. The average Bonchev–Trinajstić information content (AvgIpc) is 2.39. The van der Waals surface area contributed by atoms with Gasteiger partial charge < -0.3 is 15.7 Å². The summed E-state index contributed by atoms with van der Waals surface area (Å²) in [4.78, 5) is 24.8. The van der Waals surface area contributed by atoms with E-state index in [-0.39, 0.29) is 18.5 Å². The summed E-state index contributed by atoms with van der Waals surface area (Å²) < 4.78 is 0. The number of hydrogen-bond donors (Lipinski definition) is 3. The molecule has 1 aliphatic heterocycles. The van der Waals surface area contributed by atoms with Crippen LogP contribution in [-0.2, 0) is 9.59 Å². The summed E-state index contributed by atoms with van der Waals surface area (Å²) in [5.74, 6) is -0.955. The number of amides is 1. The predicted octanol–water partition coefficient (Wildman–Crippen LogP) is 0.430. The minimum Gasteiger partial charge on any atom is -0.480 e. The molecule has 0 aromatic heterocycles. The van der Waals surface area contributed by atoms with E-state index in [1.807, 2.05) is 6.92 Å². The van der Waals surface area contributed by atoms with Crippen LogP contribution in [0, 0.1) is 0 Å². The molecule has 3 N–H and O–H groups in total. The first-order chi connectivity index (χ1) is 9.54. The van der Waals surface area contributed by atoms with E-state index in [4.69, 9.17) is 5.11 Å². The molecule has 1 amide bonds. The molecule has 0 aromatic carbocycles. The van der Waals surface area contributed by atoms with E-state index in [0.717, 1.165) is 19.4 Å². The van der Waals surface area contributed by atoms with E-state index in [1.165, 1.54) is 12.8 Å². The van der Waals surface area contributed by atoms with Crippen LogP contribution >= 0.6 is 0 Å². The second-order valence-electron chi connectivity index (χ2n) is 5.49. The van der Waals surface area contributed by atoms with Gasteiger partial charge in [0.15, 0.2) is 0 Å². The van der Waals surface area contributed by atoms with Crippen LogP contribution in [0.25, 0.3) is 0 Å². The van der Waals surface area contributed by atoms with E-state index in [2.05, 4.69) is 17.6 Å². The van der Waals surface area contributed by atoms with E-state index in [0.29, 0.717) is 13.1 Å². The summed E-state index contributed by atoms with van der Waals surface area (Å²) in [6, 6.07) is -0.454. The van der Waals surface area contributed by atoms with Crippen LogP contribution in [0.1, 0.15) is 39.5 Å². The topological polar surface area (TPSA) is 81.7 Å². The molecule has 0 aliphatic carbocycles. The Morgan fingerprint density at radius 3 is 2.85 bits per heavy atom. The number of unbranched alkanes of at least 4 members (excludes halogenated alkanes) is 2. The van der Waals surface area contributed by atoms with Gasteiger partial charge in [0.1, 0.15) is 6.04 Å². The Balaban J connectivity index is 2.34. The molecule has 0 aromatic rings. The highest BCUT2D eigenvalue weighted by atomic mass is 16.4. The summed E-state index contributed by atoms with van der Waals surface area (Å²) in [7, 11) is 0. The van der Waals surface area contributed by atoms with E-state index >= 15 is 0 Å². The van der Waals surface area contributed by atoms with Crippen LogP contribution in [0.4, 0.5) is 0 Å². The first kappa shape index (κ1) is 16.9. The molecule has 1 heterocycles. The number of aliphatic carboxylic acids is 1. The second-order valence-corrected chi connectivity index (χ2v) is 5.49. The SMILES string of the molecule is CCCCCC(C)NC(=O)CN1CCNCC1C(=O)O. The van der Waals surface area contributed by atoms with Gasteiger partial charge in [-0.25, -0.2) is 0 Å². The lowest BCUT2D eigenvalue weighted by Gasteiger charge is -2.33. The molecule has 0 bridgehead atoms. The van der Waals surface area contributed by atoms with Crippen LogP contribution in [-0.4, -0.2) is 60.1 Å². The predicted molar refractivity (Wildman–Crippen MR) is 77.6 cm³/mol. The number of carboxylic acid groups (broad SMARTS) is 1. The zero-order valence-electron chi connectivity index (χ0n) is 12.5. The smallest absolute Gasteiger partial charge is 0.322 e. The molecule has 6 heteroatoms. The number of piperazine rings is 1. The van der Waals surface area contributed by atoms with Crippen LogP contribution in [0.15, 0.2) is 0 Å². The maximum atomic E-state index is 12.0. The third-order valence-corrected chi connectivity index (χ3v) is 3.63. The van der Waals surface area contributed by atoms with E-state index < -0.39 is 12.0 Å². The summed E-state index contributed by atoms with van der Waals surface area (Å²) in [6.45, 7) is 6.03. The van der Waals surface area contributed by atoms with E-state index in [9.17, 15) is 9.59 Å². The lowest BCUT2D eigenvalue weighted by molar-refractivity contribution is -0.144. The second kappa shape index (κ2) is 8.92. The molecule has 2 unspecified atom stereocenters. The van der Waals surface area contributed by atoms with Gasteiger partial charge in [0.2, 0.25) is 5.91 Å². The Bertz CT molecular complexity index is 323. The molecule has 1 saturated heterocycles. The first-order valence-corrected chi connectivity index (χ1v) is 7.51. The Labute approximate surface area is 120 Å². The van der Waals surface area contributed by atoms with Crippen molar-refractivity contribution in [1.29, 1.82) is 0 Å². The van der Waals surface area contributed by atoms with Gasteiger partial charge in [-0.2, -0.15) is 0 Å². The van der Waals surface area contributed by atoms with Gasteiger partial charge >= 0.3 is 5.97 Å². The molecule has 1 rings (SSSR count). The highest BCUT2D eigenvalue weighted by Crippen LogP contribution is 2.05. The van der Waals surface area contributed by atoms with Crippen molar-refractivity contribution >= 4 is 11.9 Å². The Hall–Kier alpha value is -1.14. The van der Waals surface area contributed by atoms with Gasteiger partial charge in [0.25, 0.3) is 0 Å². The number of carbonyl (C=O) groups is 2. The largest absolute Gasteiger partial charge is 0.480 e. The summed E-state index contributed by atoms with van der Waals surface area (Å²) in [5.41, 5.74) is 0. The van der Waals surface area contributed by atoms with E-state index in [1.54, 1.807) is 4.90 Å². The van der Waals surface area contributed by atoms with Gasteiger partial charge in [-0.3, -0.25) is 14.5 Å². The Kier molecular flexibility index (Phi) is 7.54. The summed E-state index contributed by atoms with van der Waals surface area (Å²) in [5, 5.41) is 15.1. The molecular formula is C14H27N3O3. The molecule has 0 saturated carbocycles. The van der Waals surface area contributed by atoms with Crippen molar-refractivity contribution in [3.8, 4) is 0 Å².